The highest BCUT2D eigenvalue weighted by Crippen LogP contribution is 2.25. The summed E-state index contributed by atoms with van der Waals surface area (Å²) in [5.41, 5.74) is -1.07. The molecule has 1 heterocycles. The summed E-state index contributed by atoms with van der Waals surface area (Å²) in [6, 6.07) is 8.74. The second-order valence-electron chi connectivity index (χ2n) is 5.82. The van der Waals surface area contributed by atoms with Gasteiger partial charge in [-0.2, -0.15) is 5.10 Å². The van der Waals surface area contributed by atoms with Gasteiger partial charge in [-0.05, 0) is 22.0 Å². The number of anilines is 1. The van der Waals surface area contributed by atoms with E-state index in [2.05, 4.69) is 26.3 Å². The van der Waals surface area contributed by atoms with Gasteiger partial charge in [-0.1, -0.05) is 18.2 Å². The number of carbonyl (C=O) groups excluding carboxylic acids is 1. The van der Waals surface area contributed by atoms with Gasteiger partial charge in [-0.15, -0.1) is 0 Å². The van der Waals surface area contributed by atoms with Crippen molar-refractivity contribution in [2.45, 2.75) is 6.54 Å². The average Bonchev–Trinajstić information content (AvgIpc) is 3.02. The maximum absolute atomic E-state index is 13.8. The van der Waals surface area contributed by atoms with Crippen LogP contribution in [0.3, 0.4) is 0 Å². The fourth-order valence-electron chi connectivity index (χ4n) is 2.48. The third-order valence-corrected chi connectivity index (χ3v) is 4.41. The molecule has 0 radical (unpaired) electrons. The minimum atomic E-state index is -0.831. The van der Waals surface area contributed by atoms with Gasteiger partial charge in [-0.3, -0.25) is 29.7 Å². The number of nitrogens with one attached hydrogen (secondary N) is 1. The molecular formula is C17H11BrFN5O5. The van der Waals surface area contributed by atoms with Crippen LogP contribution in [0.5, 0.6) is 0 Å². The molecule has 0 aliphatic carbocycles. The van der Waals surface area contributed by atoms with E-state index in [1.165, 1.54) is 16.9 Å². The molecule has 0 bridgehead atoms. The van der Waals surface area contributed by atoms with Crippen LogP contribution in [0.4, 0.5) is 21.6 Å². The summed E-state index contributed by atoms with van der Waals surface area (Å²) in [5.74, 6) is -1.16. The van der Waals surface area contributed by atoms with Gasteiger partial charge in [0.05, 0.1) is 32.5 Å². The standard InChI is InChI=1S/C17H11BrFN5O5/c18-14-9-22(8-10-3-1-2-4-15(10)19)21-16(14)20-17(25)11-5-12(23(26)27)7-13(6-11)24(28)29/h1-7,9H,8H2,(H,20,21,25). The molecule has 1 N–H and O–H groups in total. The molecule has 0 spiro atoms. The van der Waals surface area contributed by atoms with Crippen LogP contribution in [0, 0.1) is 26.0 Å². The molecule has 148 valence electrons. The third-order valence-electron chi connectivity index (χ3n) is 3.83. The minimum Gasteiger partial charge on any atom is -0.304 e. The van der Waals surface area contributed by atoms with E-state index in [1.54, 1.807) is 18.2 Å². The number of carbonyl (C=O) groups is 1. The lowest BCUT2D eigenvalue weighted by Gasteiger charge is -2.04. The van der Waals surface area contributed by atoms with Crippen LogP contribution in [-0.4, -0.2) is 25.5 Å². The Kier molecular flexibility index (Phi) is 5.64. The SMILES string of the molecule is O=C(Nc1nn(Cc2ccccc2F)cc1Br)c1cc([N+](=O)[O-])cc([N+](=O)[O-])c1. The zero-order valence-corrected chi connectivity index (χ0v) is 16.0. The zero-order valence-electron chi connectivity index (χ0n) is 14.4. The van der Waals surface area contributed by atoms with E-state index >= 15 is 0 Å². The van der Waals surface area contributed by atoms with Gasteiger partial charge in [0.1, 0.15) is 5.82 Å². The smallest absolute Gasteiger partial charge is 0.277 e. The van der Waals surface area contributed by atoms with Crippen LogP contribution in [0.15, 0.2) is 53.1 Å². The maximum Gasteiger partial charge on any atom is 0.277 e. The highest BCUT2D eigenvalue weighted by atomic mass is 79.9. The predicted octanol–water partition coefficient (Wildman–Crippen LogP) is 3.90. The van der Waals surface area contributed by atoms with E-state index in [4.69, 9.17) is 0 Å². The van der Waals surface area contributed by atoms with Crippen molar-refractivity contribution < 1.29 is 19.0 Å². The molecule has 0 aliphatic rings. The maximum atomic E-state index is 13.8. The quantitative estimate of drug-likeness (QED) is 0.435. The monoisotopic (exact) mass is 463 g/mol. The first-order valence-corrected chi connectivity index (χ1v) is 8.75. The zero-order chi connectivity index (χ0) is 21.1. The Bertz CT molecular complexity index is 1100. The first kappa shape index (κ1) is 20.1. The van der Waals surface area contributed by atoms with Crippen LogP contribution in [0.2, 0.25) is 0 Å². The van der Waals surface area contributed by atoms with Gasteiger partial charge >= 0.3 is 0 Å². The van der Waals surface area contributed by atoms with E-state index in [9.17, 15) is 29.4 Å². The number of amides is 1. The lowest BCUT2D eigenvalue weighted by atomic mass is 10.1. The van der Waals surface area contributed by atoms with E-state index in [-0.39, 0.29) is 17.9 Å². The fraction of sp³-hybridized carbons (Fsp3) is 0.0588. The Morgan fingerprint density at radius 2 is 1.76 bits per heavy atom. The number of benzene rings is 2. The molecule has 3 rings (SSSR count). The fourth-order valence-corrected chi connectivity index (χ4v) is 2.90. The molecule has 0 aliphatic heterocycles. The van der Waals surface area contributed by atoms with Crippen LogP contribution in [-0.2, 0) is 6.54 Å². The second kappa shape index (κ2) is 8.14. The number of nitrogens with zero attached hydrogens (tertiary/aromatic N) is 4. The van der Waals surface area contributed by atoms with Crippen molar-refractivity contribution in [3.05, 3.63) is 90.3 Å². The minimum absolute atomic E-state index is 0.0699. The van der Waals surface area contributed by atoms with Gasteiger partial charge in [-0.25, -0.2) is 4.39 Å². The molecule has 0 fully saturated rings. The van der Waals surface area contributed by atoms with E-state index in [0.29, 0.717) is 10.0 Å². The van der Waals surface area contributed by atoms with Crippen LogP contribution in [0.25, 0.3) is 0 Å². The Hall–Kier alpha value is -3.67. The summed E-state index contributed by atoms with van der Waals surface area (Å²) in [6.07, 6.45) is 1.51. The van der Waals surface area contributed by atoms with Crippen LogP contribution < -0.4 is 5.32 Å². The summed E-state index contributed by atoms with van der Waals surface area (Å²) in [4.78, 5) is 32.7. The van der Waals surface area contributed by atoms with Crippen molar-refractivity contribution in [2.24, 2.45) is 0 Å². The molecule has 1 amide bonds. The number of non-ortho nitro benzene ring substituents is 2. The average molecular weight is 464 g/mol. The van der Waals surface area contributed by atoms with Gasteiger partial charge in [0.2, 0.25) is 0 Å². The summed E-state index contributed by atoms with van der Waals surface area (Å²) < 4.78 is 15.5. The molecule has 2 aromatic carbocycles. The number of rotatable bonds is 6. The van der Waals surface area contributed by atoms with Gasteiger partial charge in [0.15, 0.2) is 5.82 Å². The second-order valence-corrected chi connectivity index (χ2v) is 6.68. The van der Waals surface area contributed by atoms with E-state index < -0.39 is 32.9 Å². The molecule has 0 unspecified atom stereocenters. The number of nitro groups is 2. The Morgan fingerprint density at radius 3 is 2.34 bits per heavy atom. The molecule has 0 saturated heterocycles. The highest BCUT2D eigenvalue weighted by molar-refractivity contribution is 9.10. The summed E-state index contributed by atoms with van der Waals surface area (Å²) in [7, 11) is 0. The Morgan fingerprint density at radius 1 is 1.14 bits per heavy atom. The van der Waals surface area contributed by atoms with Crippen molar-refractivity contribution in [2.75, 3.05) is 5.32 Å². The summed E-state index contributed by atoms with van der Waals surface area (Å²) in [6.45, 7) is 0.101. The van der Waals surface area contributed by atoms with Crippen molar-refractivity contribution in [3.8, 4) is 0 Å². The van der Waals surface area contributed by atoms with Crippen molar-refractivity contribution in [1.29, 1.82) is 0 Å². The number of nitro benzene ring substituents is 2. The van der Waals surface area contributed by atoms with Crippen molar-refractivity contribution >= 4 is 39.0 Å². The highest BCUT2D eigenvalue weighted by Gasteiger charge is 2.21. The number of aromatic nitrogens is 2. The molecular weight excluding hydrogens is 453 g/mol. The van der Waals surface area contributed by atoms with Crippen LogP contribution in [0.1, 0.15) is 15.9 Å². The number of halogens is 2. The van der Waals surface area contributed by atoms with Gasteiger partial charge in [0, 0.05) is 23.9 Å². The summed E-state index contributed by atoms with van der Waals surface area (Å²) in [5, 5.41) is 28.5. The summed E-state index contributed by atoms with van der Waals surface area (Å²) >= 11 is 3.22. The molecule has 0 saturated carbocycles. The number of hydrogen-bond donors (Lipinski definition) is 1. The lowest BCUT2D eigenvalue weighted by Crippen LogP contribution is -2.14. The van der Waals surface area contributed by atoms with Crippen molar-refractivity contribution in [3.63, 3.8) is 0 Å². The normalized spacial score (nSPS) is 10.6. The lowest BCUT2D eigenvalue weighted by molar-refractivity contribution is -0.394. The third kappa shape index (κ3) is 4.60. The first-order chi connectivity index (χ1) is 13.7. The molecule has 29 heavy (non-hydrogen) atoms. The topological polar surface area (TPSA) is 133 Å². The van der Waals surface area contributed by atoms with Crippen molar-refractivity contribution in [1.82, 2.24) is 9.78 Å². The van der Waals surface area contributed by atoms with Crippen LogP contribution >= 0.6 is 15.9 Å². The van der Waals surface area contributed by atoms with Gasteiger partial charge < -0.3 is 5.32 Å². The molecule has 1 aromatic heterocycles. The largest absolute Gasteiger partial charge is 0.304 e. The van der Waals surface area contributed by atoms with Gasteiger partial charge in [0.25, 0.3) is 17.3 Å². The first-order valence-electron chi connectivity index (χ1n) is 7.96. The van der Waals surface area contributed by atoms with E-state index in [1.807, 2.05) is 0 Å². The molecule has 3 aromatic rings. The number of hydrogen-bond acceptors (Lipinski definition) is 6. The molecule has 10 nitrogen and oxygen atoms in total. The predicted molar refractivity (Wildman–Crippen MR) is 103 cm³/mol. The van der Waals surface area contributed by atoms with E-state index in [0.717, 1.165) is 18.2 Å². The molecule has 0 atom stereocenters. The molecule has 12 heteroatoms. The Balaban J connectivity index is 1.84. The Labute approximate surface area is 170 Å².